The molecular formula is C76H82N12O21S5. The van der Waals surface area contributed by atoms with Gasteiger partial charge in [0.05, 0.1) is 71.4 Å². The number of carbonyl (C=O) groups is 5. The van der Waals surface area contributed by atoms with Gasteiger partial charge in [0, 0.05) is 72.2 Å². The molecule has 11 rings (SSSR count). The summed E-state index contributed by atoms with van der Waals surface area (Å²) in [5, 5.41) is 17.5. The number of hydrogen-bond acceptors (Lipinski definition) is 25. The third kappa shape index (κ3) is 27.9. The van der Waals surface area contributed by atoms with Crippen molar-refractivity contribution in [2.45, 2.75) is 54.3 Å². The average Bonchev–Trinajstić information content (AvgIpc) is 0.836. The predicted molar refractivity (Wildman–Crippen MR) is 425 cm³/mol. The molecule has 0 radical (unpaired) electrons. The molecule has 1 aliphatic heterocycles. The van der Waals surface area contributed by atoms with E-state index in [1.807, 2.05) is 30.3 Å². The van der Waals surface area contributed by atoms with Gasteiger partial charge in [-0.25, -0.2) is 87.2 Å². The van der Waals surface area contributed by atoms with Crippen LogP contribution in [0, 0.1) is 0 Å². The van der Waals surface area contributed by atoms with Crippen molar-refractivity contribution in [1.29, 1.82) is 0 Å². The fourth-order valence-corrected chi connectivity index (χ4v) is 16.1. The van der Waals surface area contributed by atoms with E-state index in [-0.39, 0.29) is 74.3 Å². The van der Waals surface area contributed by atoms with Crippen LogP contribution >= 0.6 is 0 Å². The minimum atomic E-state index is -3.62. The van der Waals surface area contributed by atoms with E-state index in [9.17, 15) is 66.1 Å². The second-order valence-corrected chi connectivity index (χ2v) is 34.0. The molecule has 1 saturated heterocycles. The van der Waals surface area contributed by atoms with E-state index in [1.54, 1.807) is 121 Å². The molecular weight excluding hydrogens is 1580 g/mol. The number of aromatic nitrogens is 5. The number of hydrogen-bond donors (Lipinski definition) is 5. The van der Waals surface area contributed by atoms with Gasteiger partial charge in [0.1, 0.15) is 28.5 Å². The molecule has 0 saturated carbocycles. The van der Waals surface area contributed by atoms with Crippen molar-refractivity contribution in [2.75, 3.05) is 71.0 Å². The molecule has 602 valence electrons. The number of sulfonamides is 5. The SMILES string of the molecule is CN(c1ccnc(C(=O)NO)c1)S(=O)(=O)Cc1ccccc1.CN(c1ccnc(C(=O)NOC2CCCCO2)c1)S(=O)(=O)Cc1ccccc1.CN(c1ccnc(C(=O)O)c1)S(=O)(=O)Cc1ccccc1.COC(=O)c1cc(N(C)S(=O)(=O)Cc2ccccc2)ccn1.COC(=O)c1cc(NS(=O)(=O)Cc2ccccc2)ccn1. The summed E-state index contributed by atoms with van der Waals surface area (Å²) >= 11 is 0. The summed E-state index contributed by atoms with van der Waals surface area (Å²) in [4.78, 5) is 81.7. The molecule has 1 unspecified atom stereocenters. The van der Waals surface area contributed by atoms with Gasteiger partial charge in [-0.1, -0.05) is 152 Å². The van der Waals surface area contributed by atoms with Crippen LogP contribution < -0.4 is 32.9 Å². The molecule has 2 amide bonds. The molecule has 6 heterocycles. The normalized spacial score (nSPS) is 12.5. The van der Waals surface area contributed by atoms with Gasteiger partial charge in [0.25, 0.3) is 11.8 Å². The topological polar surface area (TPSA) is 447 Å². The maximum absolute atomic E-state index is 12.7. The van der Waals surface area contributed by atoms with Crippen molar-refractivity contribution in [3.8, 4) is 0 Å². The zero-order chi connectivity index (χ0) is 83.1. The number of methoxy groups -OCH3 is 2. The Morgan fingerprint density at radius 1 is 0.412 bits per heavy atom. The molecule has 1 aliphatic rings. The van der Waals surface area contributed by atoms with Gasteiger partial charge in [-0.3, -0.25) is 46.7 Å². The number of benzene rings is 5. The van der Waals surface area contributed by atoms with E-state index in [4.69, 9.17) is 19.9 Å². The van der Waals surface area contributed by atoms with Crippen LogP contribution in [0.4, 0.5) is 28.4 Å². The molecule has 0 spiro atoms. The van der Waals surface area contributed by atoms with Gasteiger partial charge in [-0.15, -0.1) is 0 Å². The number of aromatic carboxylic acids is 1. The lowest BCUT2D eigenvalue weighted by molar-refractivity contribution is -0.186. The highest BCUT2D eigenvalue weighted by Gasteiger charge is 2.26. The van der Waals surface area contributed by atoms with Crippen LogP contribution in [0.5, 0.6) is 0 Å². The first-order valence-corrected chi connectivity index (χ1v) is 42.1. The van der Waals surface area contributed by atoms with Crippen LogP contribution in [-0.4, -0.2) is 162 Å². The first-order valence-electron chi connectivity index (χ1n) is 34.0. The largest absolute Gasteiger partial charge is 0.477 e. The van der Waals surface area contributed by atoms with Crippen LogP contribution in [0.25, 0.3) is 0 Å². The number of amides is 2. The summed E-state index contributed by atoms with van der Waals surface area (Å²) in [5.74, 6) is -4.55. The molecule has 5 aromatic heterocycles. The Labute approximate surface area is 660 Å². The van der Waals surface area contributed by atoms with Gasteiger partial charge < -0.3 is 19.3 Å². The number of hydroxylamine groups is 2. The number of nitrogens with zero attached hydrogens (tertiary/aromatic N) is 9. The van der Waals surface area contributed by atoms with Gasteiger partial charge >= 0.3 is 17.9 Å². The van der Waals surface area contributed by atoms with Crippen molar-refractivity contribution in [3.05, 3.63) is 300 Å². The van der Waals surface area contributed by atoms with E-state index in [1.165, 1.54) is 140 Å². The zero-order valence-electron chi connectivity index (χ0n) is 62.3. The summed E-state index contributed by atoms with van der Waals surface area (Å²) in [5.41, 5.74) is 8.52. The maximum Gasteiger partial charge on any atom is 0.356 e. The lowest BCUT2D eigenvalue weighted by Gasteiger charge is -2.22. The number of esters is 2. The quantitative estimate of drug-likeness (QED) is 0.0182. The second-order valence-electron chi connectivity index (χ2n) is 24.3. The number of nitrogens with one attached hydrogen (secondary N) is 3. The highest BCUT2D eigenvalue weighted by atomic mass is 32.2. The van der Waals surface area contributed by atoms with Crippen LogP contribution in [0.3, 0.4) is 0 Å². The van der Waals surface area contributed by atoms with Crippen molar-refractivity contribution < 1.29 is 95.4 Å². The van der Waals surface area contributed by atoms with E-state index < -0.39 is 86.1 Å². The number of pyridine rings is 5. The molecule has 5 N–H and O–H groups in total. The average molecular weight is 1660 g/mol. The lowest BCUT2D eigenvalue weighted by Crippen LogP contribution is -2.33. The summed E-state index contributed by atoms with van der Waals surface area (Å²) < 4.78 is 145. The maximum atomic E-state index is 12.7. The third-order valence-corrected chi connectivity index (χ3v) is 24.3. The molecule has 0 aliphatic carbocycles. The number of anilines is 5. The molecule has 114 heavy (non-hydrogen) atoms. The Kier molecular flexibility index (Phi) is 33.2. The molecule has 10 aromatic rings. The van der Waals surface area contributed by atoms with Crippen molar-refractivity contribution >= 4 is 108 Å². The van der Waals surface area contributed by atoms with Gasteiger partial charge in [-0.2, -0.15) is 0 Å². The van der Waals surface area contributed by atoms with Crippen molar-refractivity contribution in [2.24, 2.45) is 0 Å². The highest BCUT2D eigenvalue weighted by molar-refractivity contribution is 7.93. The Hall–Kier alpha value is -12.2. The minimum absolute atomic E-state index is 0.0393. The predicted octanol–water partition coefficient (Wildman–Crippen LogP) is 8.79. The summed E-state index contributed by atoms with van der Waals surface area (Å²) in [6.45, 7) is 0.596. The number of carboxylic acids is 1. The summed E-state index contributed by atoms with van der Waals surface area (Å²) in [7, 11) is -9.80. The second kappa shape index (κ2) is 42.5. The number of carboxylic acid groups (broad SMARTS) is 1. The van der Waals surface area contributed by atoms with Gasteiger partial charge in [-0.05, 0) is 101 Å². The molecule has 1 atom stereocenters. The monoisotopic (exact) mass is 1660 g/mol. The van der Waals surface area contributed by atoms with E-state index in [2.05, 4.69) is 44.6 Å². The van der Waals surface area contributed by atoms with Crippen LogP contribution in [0.1, 0.15) is 99.5 Å². The molecule has 5 aromatic carbocycles. The molecule has 38 heteroatoms. The summed E-state index contributed by atoms with van der Waals surface area (Å²) in [6, 6.07) is 58.2. The Balaban J connectivity index is 0.000000198. The smallest absolute Gasteiger partial charge is 0.356 e. The van der Waals surface area contributed by atoms with E-state index >= 15 is 0 Å². The summed E-state index contributed by atoms with van der Waals surface area (Å²) in [6.07, 6.45) is 8.84. The lowest BCUT2D eigenvalue weighted by atomic mass is 10.2. The highest BCUT2D eigenvalue weighted by Crippen LogP contribution is 2.25. The first kappa shape index (κ1) is 89.0. The standard InChI is InChI=1S/C19H23N3O5S.C15H16N2O4S.C14H15N3O4S.2C14H14N2O4S/c1-22(28(24,25)14-15-7-3-2-4-8-15)16-10-11-20-17(13-16)19(23)21-27-18-9-5-6-12-26-18;1-17(13-8-9-16-14(10-13)15(18)21-2)22(19,20)11-12-6-4-3-5-7-12;1-17(12-7-8-15-13(9-12)14(18)16-19)22(20,21)10-11-5-3-2-4-6-11;1-20-14(17)13-9-12(7-8-15-13)16-21(18,19)10-11-5-3-2-4-6-11;1-16(12-7-8-15-13(9-12)14(17)18)21(19,20)10-11-5-3-2-4-6-11/h2-4,7-8,10-11,13,18H,5-6,9,12,14H2,1H3,(H,21,23);3-10H,11H2,1-2H3;2-9,19H,10H2,1H3,(H,16,18);2-9H,10H2,1H3,(H,15,16);2-9H,10H2,1H3,(H,17,18). The fraction of sp³-hybridized carbons (Fsp3) is 0.211. The number of rotatable bonds is 27. The number of ether oxygens (including phenoxy) is 3. The van der Waals surface area contributed by atoms with Crippen molar-refractivity contribution in [1.82, 2.24) is 35.9 Å². The van der Waals surface area contributed by atoms with Crippen LogP contribution in [0.2, 0.25) is 0 Å². The number of carbonyl (C=O) groups excluding carboxylic acids is 4. The Morgan fingerprint density at radius 3 is 1.05 bits per heavy atom. The molecule has 1 fully saturated rings. The fourth-order valence-electron chi connectivity index (χ4n) is 9.96. The van der Waals surface area contributed by atoms with Crippen molar-refractivity contribution in [3.63, 3.8) is 0 Å². The zero-order valence-corrected chi connectivity index (χ0v) is 66.3. The van der Waals surface area contributed by atoms with Gasteiger partial charge in [0.15, 0.2) is 6.29 Å². The first-order chi connectivity index (χ1) is 54.2. The van der Waals surface area contributed by atoms with Gasteiger partial charge in [0.2, 0.25) is 50.1 Å². The Bertz CT molecular complexity index is 5330. The minimum Gasteiger partial charge on any atom is -0.477 e. The third-order valence-electron chi connectivity index (χ3n) is 16.1. The molecule has 0 bridgehead atoms. The van der Waals surface area contributed by atoms with E-state index in [0.29, 0.717) is 52.2 Å². The van der Waals surface area contributed by atoms with E-state index in [0.717, 1.165) is 30.1 Å². The Morgan fingerprint density at radius 2 is 0.719 bits per heavy atom. The molecule has 33 nitrogen and oxygen atoms in total. The van der Waals surface area contributed by atoms with Crippen LogP contribution in [-0.2, 0) is 97.9 Å². The van der Waals surface area contributed by atoms with Crippen LogP contribution in [0.15, 0.2) is 243 Å².